The maximum Gasteiger partial charge on any atom is 0.408 e. The van der Waals surface area contributed by atoms with Crippen LogP contribution < -0.4 is 16.6 Å². The van der Waals surface area contributed by atoms with Crippen LogP contribution in [0, 0.1) is 11.3 Å². The number of piperidine rings is 1. The Balaban J connectivity index is 2.18. The van der Waals surface area contributed by atoms with Crippen LogP contribution in [-0.4, -0.2) is 46.5 Å². The Bertz CT molecular complexity index is 564. The lowest BCUT2D eigenvalue weighted by Crippen LogP contribution is -2.59. The van der Waals surface area contributed by atoms with E-state index in [9.17, 15) is 14.4 Å². The highest BCUT2D eigenvalue weighted by molar-refractivity contribution is 5.93. The van der Waals surface area contributed by atoms with Crippen molar-refractivity contribution in [3.63, 3.8) is 0 Å². The monoisotopic (exact) mass is 354 g/mol. The first-order valence-corrected chi connectivity index (χ1v) is 8.67. The molecule has 2 rings (SSSR count). The number of hydrogen-bond donors (Lipinski definition) is 3. The summed E-state index contributed by atoms with van der Waals surface area (Å²) < 4.78 is 5.29. The van der Waals surface area contributed by atoms with E-state index in [-0.39, 0.29) is 17.9 Å². The predicted octanol–water partition coefficient (Wildman–Crippen LogP) is 0.905. The molecule has 0 aromatic heterocycles. The second-order valence-electron chi connectivity index (χ2n) is 9.01. The molecule has 0 aromatic rings. The fourth-order valence-corrected chi connectivity index (χ4v) is 3.33. The van der Waals surface area contributed by atoms with E-state index in [4.69, 9.17) is 10.6 Å². The lowest BCUT2D eigenvalue weighted by molar-refractivity contribution is -0.143. The van der Waals surface area contributed by atoms with E-state index in [0.717, 1.165) is 6.42 Å². The third-order valence-electron chi connectivity index (χ3n) is 4.58. The Morgan fingerprint density at radius 2 is 1.72 bits per heavy atom. The Morgan fingerprint density at radius 1 is 1.12 bits per heavy atom. The van der Waals surface area contributed by atoms with Crippen molar-refractivity contribution in [1.82, 2.24) is 15.6 Å². The Morgan fingerprint density at radius 3 is 2.20 bits per heavy atom. The molecule has 2 aliphatic rings. The van der Waals surface area contributed by atoms with Crippen molar-refractivity contribution in [2.75, 3.05) is 0 Å². The third kappa shape index (κ3) is 4.42. The van der Waals surface area contributed by atoms with E-state index < -0.39 is 29.2 Å². The number of alkyl carbamates (subject to hydrolysis) is 1. The van der Waals surface area contributed by atoms with Crippen molar-refractivity contribution in [1.29, 1.82) is 0 Å². The molecule has 3 amide bonds. The summed E-state index contributed by atoms with van der Waals surface area (Å²) in [7, 11) is 0. The number of likely N-dealkylation sites (tertiary alicyclic amines) is 1. The average Bonchev–Trinajstić information content (AvgIpc) is 3.10. The smallest absolute Gasteiger partial charge is 0.408 e. The van der Waals surface area contributed by atoms with Gasteiger partial charge in [0.05, 0.1) is 0 Å². The van der Waals surface area contributed by atoms with Crippen LogP contribution in [0.5, 0.6) is 0 Å². The zero-order chi connectivity index (χ0) is 19.2. The van der Waals surface area contributed by atoms with Crippen LogP contribution in [0.4, 0.5) is 4.79 Å². The molecule has 4 N–H and O–H groups in total. The summed E-state index contributed by atoms with van der Waals surface area (Å²) in [5, 5.41) is 2.69. The van der Waals surface area contributed by atoms with E-state index in [1.165, 1.54) is 0 Å². The molecule has 0 unspecified atom stereocenters. The maximum atomic E-state index is 13.2. The molecule has 0 bridgehead atoms. The van der Waals surface area contributed by atoms with Crippen molar-refractivity contribution in [2.24, 2.45) is 17.2 Å². The first kappa shape index (κ1) is 19.5. The lowest BCUT2D eigenvalue weighted by atomic mass is 9.85. The second-order valence-corrected chi connectivity index (χ2v) is 9.01. The summed E-state index contributed by atoms with van der Waals surface area (Å²) in [6.45, 7) is 10.9. The van der Waals surface area contributed by atoms with Crippen LogP contribution in [0.3, 0.4) is 0 Å². The molecule has 142 valence electrons. The molecule has 1 heterocycles. The number of ether oxygens (including phenoxy) is 1. The van der Waals surface area contributed by atoms with E-state index in [2.05, 4.69) is 10.7 Å². The van der Waals surface area contributed by atoms with Crippen molar-refractivity contribution >= 4 is 17.9 Å². The number of carbonyl (C=O) groups is 3. The van der Waals surface area contributed by atoms with E-state index >= 15 is 0 Å². The van der Waals surface area contributed by atoms with Gasteiger partial charge in [0.25, 0.3) is 5.91 Å². The summed E-state index contributed by atoms with van der Waals surface area (Å²) in [5.74, 6) is 4.96. The molecule has 4 atom stereocenters. The molecule has 0 aromatic carbocycles. The summed E-state index contributed by atoms with van der Waals surface area (Å²) in [4.78, 5) is 39.0. The predicted molar refractivity (Wildman–Crippen MR) is 92.1 cm³/mol. The second kappa shape index (κ2) is 6.48. The molecule has 2 fully saturated rings. The largest absolute Gasteiger partial charge is 0.444 e. The van der Waals surface area contributed by atoms with Crippen LogP contribution in [0.2, 0.25) is 0 Å². The van der Waals surface area contributed by atoms with Crippen molar-refractivity contribution in [3.8, 4) is 0 Å². The maximum absolute atomic E-state index is 13.2. The topological polar surface area (TPSA) is 114 Å². The van der Waals surface area contributed by atoms with Gasteiger partial charge >= 0.3 is 6.09 Å². The van der Waals surface area contributed by atoms with E-state index in [0.29, 0.717) is 12.3 Å². The SMILES string of the molecule is CC(C)(C)OC(=O)N[C@H](C(=O)N1[C@H](C(=O)NN)C[C@@H]2C[C@@H]21)C(C)(C)C. The molecule has 1 aliphatic heterocycles. The number of nitrogens with two attached hydrogens (primary N) is 1. The number of amides is 3. The zero-order valence-corrected chi connectivity index (χ0v) is 15.9. The normalized spacial score (nSPS) is 26.5. The Hall–Kier alpha value is -1.83. The van der Waals surface area contributed by atoms with Crippen LogP contribution in [0.1, 0.15) is 54.4 Å². The molecule has 1 saturated carbocycles. The number of rotatable bonds is 3. The molecule has 1 aliphatic carbocycles. The molecule has 8 nitrogen and oxygen atoms in total. The molecular weight excluding hydrogens is 324 g/mol. The number of nitrogens with zero attached hydrogens (tertiary/aromatic N) is 1. The van der Waals surface area contributed by atoms with Crippen molar-refractivity contribution in [2.45, 2.75) is 78.1 Å². The van der Waals surface area contributed by atoms with Gasteiger partial charge in [0.15, 0.2) is 0 Å². The first-order valence-electron chi connectivity index (χ1n) is 8.67. The van der Waals surface area contributed by atoms with E-state index in [1.54, 1.807) is 25.7 Å². The van der Waals surface area contributed by atoms with Crippen molar-refractivity contribution < 1.29 is 19.1 Å². The summed E-state index contributed by atoms with van der Waals surface area (Å²) in [5.41, 5.74) is 0.941. The average molecular weight is 354 g/mol. The molecule has 0 spiro atoms. The minimum absolute atomic E-state index is 0.0556. The lowest BCUT2D eigenvalue weighted by Gasteiger charge is -2.36. The highest BCUT2D eigenvalue weighted by atomic mass is 16.6. The van der Waals surface area contributed by atoms with Gasteiger partial charge in [-0.05, 0) is 44.9 Å². The number of hydrogen-bond acceptors (Lipinski definition) is 5. The quantitative estimate of drug-likeness (QED) is 0.396. The molecular formula is C17H30N4O4. The number of carbonyl (C=O) groups excluding carboxylic acids is 3. The van der Waals surface area contributed by atoms with Crippen LogP contribution in [0.15, 0.2) is 0 Å². The van der Waals surface area contributed by atoms with Gasteiger partial charge in [-0.15, -0.1) is 0 Å². The van der Waals surface area contributed by atoms with Crippen LogP contribution in [0.25, 0.3) is 0 Å². The molecule has 8 heteroatoms. The zero-order valence-electron chi connectivity index (χ0n) is 15.9. The standard InChI is InChI=1S/C17H30N4O4/c1-16(2,3)12(19-15(24)25-17(4,5)6)14(23)21-10-7-9(10)8-11(21)13(22)20-18/h9-12H,7-8,18H2,1-6H3,(H,19,24)(H,20,22)/t9-,10-,11-,12+/m0/s1. The van der Waals surface area contributed by atoms with Crippen molar-refractivity contribution in [3.05, 3.63) is 0 Å². The first-order chi connectivity index (χ1) is 11.3. The summed E-state index contributed by atoms with van der Waals surface area (Å²) in [6.07, 6.45) is 0.860. The van der Waals surface area contributed by atoms with Crippen LogP contribution in [-0.2, 0) is 14.3 Å². The van der Waals surface area contributed by atoms with E-state index in [1.807, 2.05) is 20.8 Å². The fourth-order valence-electron chi connectivity index (χ4n) is 3.33. The molecule has 25 heavy (non-hydrogen) atoms. The molecule has 1 saturated heterocycles. The minimum Gasteiger partial charge on any atom is -0.444 e. The third-order valence-corrected chi connectivity index (χ3v) is 4.58. The highest BCUT2D eigenvalue weighted by Gasteiger charge is 2.57. The van der Waals surface area contributed by atoms with Gasteiger partial charge in [-0.1, -0.05) is 20.8 Å². The Labute approximate surface area is 148 Å². The summed E-state index contributed by atoms with van der Waals surface area (Å²) >= 11 is 0. The van der Waals surface area contributed by atoms with Gasteiger partial charge in [-0.2, -0.15) is 0 Å². The van der Waals surface area contributed by atoms with Gasteiger partial charge < -0.3 is 15.0 Å². The highest BCUT2D eigenvalue weighted by Crippen LogP contribution is 2.48. The summed E-state index contributed by atoms with van der Waals surface area (Å²) in [6, 6.07) is -1.32. The van der Waals surface area contributed by atoms with Gasteiger partial charge in [0, 0.05) is 6.04 Å². The number of hydrazine groups is 1. The molecule has 0 radical (unpaired) electrons. The Kier molecular flexibility index (Phi) is 5.05. The van der Waals surface area contributed by atoms with Gasteiger partial charge in [0.2, 0.25) is 5.91 Å². The van der Waals surface area contributed by atoms with Gasteiger partial charge in [-0.3, -0.25) is 15.0 Å². The van der Waals surface area contributed by atoms with Gasteiger partial charge in [0.1, 0.15) is 17.7 Å². The number of nitrogens with one attached hydrogen (secondary N) is 2. The fraction of sp³-hybridized carbons (Fsp3) is 0.824. The van der Waals surface area contributed by atoms with Gasteiger partial charge in [-0.25, -0.2) is 10.6 Å². The minimum atomic E-state index is -0.797. The number of fused-ring (bicyclic) bond motifs is 1. The van der Waals surface area contributed by atoms with Crippen LogP contribution >= 0.6 is 0 Å².